The third kappa shape index (κ3) is 3.47. The summed E-state index contributed by atoms with van der Waals surface area (Å²) in [5, 5.41) is 14.0. The van der Waals surface area contributed by atoms with Gasteiger partial charge in [0.05, 0.1) is 30.7 Å². The molecule has 2 aromatic heterocycles. The van der Waals surface area contributed by atoms with Crippen LogP contribution < -0.4 is 11.0 Å². The second kappa shape index (κ2) is 7.65. The lowest BCUT2D eigenvalue weighted by Gasteiger charge is -2.07. The van der Waals surface area contributed by atoms with Crippen molar-refractivity contribution in [3.8, 4) is 11.4 Å². The van der Waals surface area contributed by atoms with Gasteiger partial charge >= 0.3 is 5.69 Å². The minimum Gasteiger partial charge on any atom is -0.330 e. The number of nitro benzene ring substituents is 1. The molecule has 0 aliphatic carbocycles. The molecule has 0 spiro atoms. The number of aliphatic imine (C=N–C) groups is 1. The molecule has 10 nitrogen and oxygen atoms in total. The normalized spacial score (nSPS) is 12.0. The Bertz CT molecular complexity index is 1390. The van der Waals surface area contributed by atoms with Gasteiger partial charge in [-0.3, -0.25) is 14.7 Å². The number of hydrogen-bond acceptors (Lipinski definition) is 6. The van der Waals surface area contributed by atoms with Crippen molar-refractivity contribution in [2.75, 3.05) is 5.32 Å². The maximum absolute atomic E-state index is 12.7. The van der Waals surface area contributed by atoms with Crippen molar-refractivity contribution in [3.63, 3.8) is 0 Å². The van der Waals surface area contributed by atoms with Crippen molar-refractivity contribution < 1.29 is 4.92 Å². The van der Waals surface area contributed by atoms with Crippen molar-refractivity contribution in [2.45, 2.75) is 20.0 Å². The number of nitrogens with zero attached hydrogens (tertiary/aromatic N) is 5. The van der Waals surface area contributed by atoms with E-state index in [0.29, 0.717) is 36.1 Å². The number of aromatic amines is 1. The van der Waals surface area contributed by atoms with Crippen LogP contribution in [0, 0.1) is 17.0 Å². The van der Waals surface area contributed by atoms with E-state index < -0.39 is 4.92 Å². The minimum absolute atomic E-state index is 0.0394. The summed E-state index contributed by atoms with van der Waals surface area (Å²) in [7, 11) is 0. The number of H-pyrrole nitrogens is 1. The summed E-state index contributed by atoms with van der Waals surface area (Å²) in [5.41, 5.74) is 3.95. The third-order valence-electron chi connectivity index (χ3n) is 5.38. The summed E-state index contributed by atoms with van der Waals surface area (Å²) in [5.74, 6) is 1.18. The van der Waals surface area contributed by atoms with Gasteiger partial charge in [-0.2, -0.15) is 0 Å². The molecule has 0 amide bonds. The van der Waals surface area contributed by atoms with Crippen LogP contribution in [0.3, 0.4) is 0 Å². The van der Waals surface area contributed by atoms with Gasteiger partial charge in [-0.15, -0.1) is 0 Å². The van der Waals surface area contributed by atoms with Gasteiger partial charge in [-0.25, -0.2) is 14.8 Å². The molecule has 1 aliphatic heterocycles. The second-order valence-electron chi connectivity index (χ2n) is 7.60. The van der Waals surface area contributed by atoms with Crippen molar-refractivity contribution in [1.29, 1.82) is 0 Å². The van der Waals surface area contributed by atoms with Crippen molar-refractivity contribution in [3.05, 3.63) is 92.1 Å². The van der Waals surface area contributed by atoms with Crippen molar-refractivity contribution >= 4 is 23.7 Å². The van der Waals surface area contributed by atoms with Gasteiger partial charge < -0.3 is 14.9 Å². The highest BCUT2D eigenvalue weighted by atomic mass is 16.6. The Hall–Kier alpha value is -4.47. The van der Waals surface area contributed by atoms with E-state index in [1.54, 1.807) is 23.0 Å². The first-order valence-electron chi connectivity index (χ1n) is 9.96. The Morgan fingerprint density at radius 1 is 1.03 bits per heavy atom. The molecule has 160 valence electrons. The van der Waals surface area contributed by atoms with Crippen LogP contribution in [-0.4, -0.2) is 30.4 Å². The van der Waals surface area contributed by atoms with Crippen molar-refractivity contribution in [1.82, 2.24) is 19.1 Å². The fraction of sp³-hybridized carbons (Fsp3) is 0.136. The molecule has 0 radical (unpaired) electrons. The highest BCUT2D eigenvalue weighted by molar-refractivity contribution is 5.90. The Morgan fingerprint density at radius 3 is 2.44 bits per heavy atom. The van der Waals surface area contributed by atoms with Crippen molar-refractivity contribution in [2.24, 2.45) is 4.99 Å². The van der Waals surface area contributed by atoms with E-state index in [2.05, 4.69) is 20.3 Å². The zero-order valence-electron chi connectivity index (χ0n) is 17.1. The lowest BCUT2D eigenvalue weighted by molar-refractivity contribution is -0.384. The Morgan fingerprint density at radius 2 is 1.72 bits per heavy atom. The van der Waals surface area contributed by atoms with Crippen LogP contribution in [0.1, 0.15) is 16.7 Å². The van der Waals surface area contributed by atoms with Gasteiger partial charge in [0.2, 0.25) is 0 Å². The van der Waals surface area contributed by atoms with Gasteiger partial charge in [-0.1, -0.05) is 42.0 Å². The predicted octanol–water partition coefficient (Wildman–Crippen LogP) is 3.44. The molecule has 1 aliphatic rings. The first-order chi connectivity index (χ1) is 15.5. The molecule has 0 bridgehead atoms. The summed E-state index contributed by atoms with van der Waals surface area (Å²) in [4.78, 5) is 35.0. The molecule has 32 heavy (non-hydrogen) atoms. The molecule has 4 aromatic rings. The maximum atomic E-state index is 12.7. The average Bonchev–Trinajstić information content (AvgIpc) is 3.25. The highest BCUT2D eigenvalue weighted by Crippen LogP contribution is 2.34. The van der Waals surface area contributed by atoms with Gasteiger partial charge in [0, 0.05) is 12.1 Å². The summed E-state index contributed by atoms with van der Waals surface area (Å²) in [6.07, 6.45) is 3.19. The summed E-state index contributed by atoms with van der Waals surface area (Å²) in [6, 6.07) is 14.4. The molecule has 3 heterocycles. The number of nitro groups is 1. The molecule has 2 N–H and O–H groups in total. The highest BCUT2D eigenvalue weighted by Gasteiger charge is 2.23. The van der Waals surface area contributed by atoms with E-state index in [1.165, 1.54) is 18.5 Å². The Labute approximate surface area is 182 Å². The van der Waals surface area contributed by atoms with Gasteiger partial charge in [0.1, 0.15) is 17.2 Å². The predicted molar refractivity (Wildman–Crippen MR) is 121 cm³/mol. The zero-order chi connectivity index (χ0) is 22.2. The first kappa shape index (κ1) is 19.5. The van der Waals surface area contributed by atoms with Crippen LogP contribution in [0.4, 0.5) is 17.3 Å². The van der Waals surface area contributed by atoms with Crippen LogP contribution in [0.2, 0.25) is 0 Å². The number of aryl methyl sites for hydroxylation is 1. The maximum Gasteiger partial charge on any atom is 0.327 e. The van der Waals surface area contributed by atoms with Gasteiger partial charge in [0.15, 0.2) is 5.82 Å². The third-order valence-corrected chi connectivity index (χ3v) is 5.38. The molecule has 0 saturated carbocycles. The van der Waals surface area contributed by atoms with E-state index in [1.807, 2.05) is 35.8 Å². The zero-order valence-corrected chi connectivity index (χ0v) is 17.1. The Balaban J connectivity index is 1.48. The number of benzene rings is 2. The van der Waals surface area contributed by atoms with Crippen LogP contribution in [0.5, 0.6) is 0 Å². The summed E-state index contributed by atoms with van der Waals surface area (Å²) >= 11 is 0. The number of nitrogens with one attached hydrogen (secondary N) is 2. The molecule has 0 fully saturated rings. The van der Waals surface area contributed by atoms with Crippen LogP contribution >= 0.6 is 0 Å². The molecule has 5 rings (SSSR count). The number of fused-ring (bicyclic) bond motifs is 3. The topological polar surface area (TPSA) is 123 Å². The molecular formula is C22H19N7O3. The van der Waals surface area contributed by atoms with E-state index in [-0.39, 0.29) is 11.4 Å². The first-order valence-corrected chi connectivity index (χ1v) is 9.96. The lowest BCUT2D eigenvalue weighted by Crippen LogP contribution is -2.19. The van der Waals surface area contributed by atoms with Gasteiger partial charge in [-0.05, 0) is 18.1 Å². The van der Waals surface area contributed by atoms with E-state index >= 15 is 0 Å². The molecule has 0 atom stereocenters. The van der Waals surface area contributed by atoms with E-state index in [9.17, 15) is 14.9 Å². The van der Waals surface area contributed by atoms with Crippen LogP contribution in [0.25, 0.3) is 11.4 Å². The fourth-order valence-corrected chi connectivity index (χ4v) is 3.70. The Kier molecular flexibility index (Phi) is 4.66. The quantitative estimate of drug-likeness (QED) is 0.372. The second-order valence-corrected chi connectivity index (χ2v) is 7.60. The molecule has 0 unspecified atom stereocenters. The van der Waals surface area contributed by atoms with Crippen LogP contribution in [-0.2, 0) is 13.1 Å². The van der Waals surface area contributed by atoms with Gasteiger partial charge in [0.25, 0.3) is 5.69 Å². The summed E-state index contributed by atoms with van der Waals surface area (Å²) in [6.45, 7) is 2.86. The molecule has 0 saturated heterocycles. The summed E-state index contributed by atoms with van der Waals surface area (Å²) < 4.78 is 3.45. The number of hydrogen-bond donors (Lipinski definition) is 2. The number of rotatable bonds is 5. The molecular weight excluding hydrogens is 410 g/mol. The SMILES string of the molecule is Cc1ccc(Cn2c3c([nH]c2=O)-c2ncn(Cc4ccc([N+](=O)[O-])cc4)c2N=CN3)cc1. The number of imidazole rings is 2. The number of aromatic nitrogens is 4. The smallest absolute Gasteiger partial charge is 0.327 e. The average molecular weight is 429 g/mol. The molecule has 2 aromatic carbocycles. The lowest BCUT2D eigenvalue weighted by atomic mass is 10.1. The van der Waals surface area contributed by atoms with Crippen LogP contribution in [0.15, 0.2) is 64.6 Å². The number of non-ortho nitro benzene ring substituents is 1. The largest absolute Gasteiger partial charge is 0.330 e. The van der Waals surface area contributed by atoms with E-state index in [4.69, 9.17) is 0 Å². The minimum atomic E-state index is -0.428. The van der Waals surface area contributed by atoms with E-state index in [0.717, 1.165) is 16.7 Å². The molecule has 10 heteroatoms. The monoisotopic (exact) mass is 429 g/mol. The fourth-order valence-electron chi connectivity index (χ4n) is 3.70. The number of anilines is 1. The standard InChI is InChI=1S/C22H19N7O3/c1-14-2-4-16(5-3-14)11-28-21-19(26-22(28)30)18-20(23-12-24-21)27(13-25-18)10-15-6-8-17(9-7-15)29(31)32/h2-9,12-13H,10-11H2,1H3,(H,23,24)(H,26,30).